The van der Waals surface area contributed by atoms with Gasteiger partial charge in [0.2, 0.25) is 5.91 Å². The Morgan fingerprint density at radius 2 is 1.95 bits per heavy atom. The van der Waals surface area contributed by atoms with Gasteiger partial charge in [-0.2, -0.15) is 0 Å². The molecule has 1 saturated carbocycles. The summed E-state index contributed by atoms with van der Waals surface area (Å²) in [6.07, 6.45) is 0. The Morgan fingerprint density at radius 1 is 1.33 bits per heavy atom. The van der Waals surface area contributed by atoms with Gasteiger partial charge in [-0.1, -0.05) is 19.9 Å². The van der Waals surface area contributed by atoms with Crippen LogP contribution in [0.25, 0.3) is 0 Å². The Labute approximate surface area is 121 Å². The predicted molar refractivity (Wildman–Crippen MR) is 74.9 cm³/mol. The maximum absolute atomic E-state index is 12.2. The van der Waals surface area contributed by atoms with E-state index in [9.17, 15) is 19.7 Å². The van der Waals surface area contributed by atoms with Crippen molar-refractivity contribution in [2.45, 2.75) is 20.8 Å². The van der Waals surface area contributed by atoms with Crippen molar-refractivity contribution in [1.82, 2.24) is 0 Å². The van der Waals surface area contributed by atoms with E-state index >= 15 is 0 Å². The molecule has 2 N–H and O–H groups in total. The third-order valence-electron chi connectivity index (χ3n) is 4.14. The SMILES string of the molecule is Cc1c(NC(=O)C2C(C(=O)O)C2(C)C)cccc1[N+](=O)[O-]. The minimum absolute atomic E-state index is 0.0855. The normalized spacial score (nSPS) is 22.4. The zero-order chi connectivity index (χ0) is 15.9. The standard InChI is InChI=1S/C14H16N2O5/c1-7-8(5-4-6-9(7)16(20)21)15-12(17)10-11(13(18)19)14(10,2)3/h4-6,10-11H,1-3H3,(H,15,17)(H,18,19). The van der Waals surface area contributed by atoms with Crippen molar-refractivity contribution in [3.8, 4) is 0 Å². The number of nitro benzene ring substituents is 1. The molecule has 1 aromatic rings. The summed E-state index contributed by atoms with van der Waals surface area (Å²) in [6, 6.07) is 4.39. The molecule has 2 atom stereocenters. The second-order valence-corrected chi connectivity index (χ2v) is 5.81. The molecule has 0 radical (unpaired) electrons. The lowest BCUT2D eigenvalue weighted by Gasteiger charge is -2.09. The van der Waals surface area contributed by atoms with Crippen LogP contribution < -0.4 is 5.32 Å². The van der Waals surface area contributed by atoms with Crippen molar-refractivity contribution in [2.24, 2.45) is 17.3 Å². The average molecular weight is 292 g/mol. The number of aliphatic carboxylic acids is 1. The highest BCUT2D eigenvalue weighted by molar-refractivity contribution is 6.00. The van der Waals surface area contributed by atoms with E-state index in [-0.39, 0.29) is 5.69 Å². The number of carbonyl (C=O) groups is 2. The Morgan fingerprint density at radius 3 is 2.43 bits per heavy atom. The largest absolute Gasteiger partial charge is 0.481 e. The second kappa shape index (κ2) is 4.83. The molecule has 112 valence electrons. The summed E-state index contributed by atoms with van der Waals surface area (Å²) < 4.78 is 0. The molecule has 0 aromatic heterocycles. The molecular formula is C14H16N2O5. The number of hydrogen-bond acceptors (Lipinski definition) is 4. The summed E-state index contributed by atoms with van der Waals surface area (Å²) >= 11 is 0. The minimum Gasteiger partial charge on any atom is -0.481 e. The van der Waals surface area contributed by atoms with Crippen LogP contribution in [0, 0.1) is 34.3 Å². The fraction of sp³-hybridized carbons (Fsp3) is 0.429. The Hall–Kier alpha value is -2.44. The second-order valence-electron chi connectivity index (χ2n) is 5.81. The molecular weight excluding hydrogens is 276 g/mol. The number of hydrogen-bond donors (Lipinski definition) is 2. The van der Waals surface area contributed by atoms with Crippen LogP contribution in [0.4, 0.5) is 11.4 Å². The number of amides is 1. The number of nitro groups is 1. The maximum Gasteiger partial charge on any atom is 0.307 e. The molecule has 2 rings (SSSR count). The lowest BCUT2D eigenvalue weighted by Crippen LogP contribution is -2.18. The smallest absolute Gasteiger partial charge is 0.307 e. The topological polar surface area (TPSA) is 110 Å². The Kier molecular flexibility index (Phi) is 3.44. The first-order valence-electron chi connectivity index (χ1n) is 6.45. The van der Waals surface area contributed by atoms with Gasteiger partial charge in [0.05, 0.1) is 28.0 Å². The number of carboxylic acid groups (broad SMARTS) is 1. The van der Waals surface area contributed by atoms with Gasteiger partial charge in [0.15, 0.2) is 0 Å². The molecule has 2 unspecified atom stereocenters. The van der Waals surface area contributed by atoms with Crippen molar-refractivity contribution >= 4 is 23.3 Å². The predicted octanol–water partition coefficient (Wildman–Crippen LogP) is 2.20. The number of carboxylic acids is 1. The molecule has 0 spiro atoms. The van der Waals surface area contributed by atoms with Gasteiger partial charge in [0, 0.05) is 6.07 Å². The molecule has 21 heavy (non-hydrogen) atoms. The first kappa shape index (κ1) is 15.0. The molecule has 7 nitrogen and oxygen atoms in total. The summed E-state index contributed by atoms with van der Waals surface area (Å²) in [7, 11) is 0. The zero-order valence-corrected chi connectivity index (χ0v) is 11.9. The summed E-state index contributed by atoms with van der Waals surface area (Å²) in [6.45, 7) is 4.98. The highest BCUT2D eigenvalue weighted by Crippen LogP contribution is 2.58. The highest BCUT2D eigenvalue weighted by atomic mass is 16.6. The fourth-order valence-corrected chi connectivity index (χ4v) is 2.76. The van der Waals surface area contributed by atoms with E-state index in [2.05, 4.69) is 5.32 Å². The van der Waals surface area contributed by atoms with Gasteiger partial charge >= 0.3 is 5.97 Å². The van der Waals surface area contributed by atoms with E-state index in [1.807, 2.05) is 0 Å². The quantitative estimate of drug-likeness (QED) is 0.653. The van der Waals surface area contributed by atoms with Crippen molar-refractivity contribution in [3.05, 3.63) is 33.9 Å². The van der Waals surface area contributed by atoms with Crippen LogP contribution in [-0.2, 0) is 9.59 Å². The number of carbonyl (C=O) groups excluding carboxylic acids is 1. The molecule has 1 fully saturated rings. The molecule has 0 saturated heterocycles. The van der Waals surface area contributed by atoms with Crippen LogP contribution in [-0.4, -0.2) is 21.9 Å². The van der Waals surface area contributed by atoms with E-state index in [4.69, 9.17) is 5.11 Å². The van der Waals surface area contributed by atoms with Crippen LogP contribution in [0.3, 0.4) is 0 Å². The lowest BCUT2D eigenvalue weighted by molar-refractivity contribution is -0.385. The van der Waals surface area contributed by atoms with Gasteiger partial charge < -0.3 is 10.4 Å². The molecule has 1 amide bonds. The maximum atomic E-state index is 12.2. The monoisotopic (exact) mass is 292 g/mol. The number of nitrogens with zero attached hydrogens (tertiary/aromatic N) is 1. The molecule has 1 aliphatic carbocycles. The van der Waals surface area contributed by atoms with Crippen molar-refractivity contribution in [3.63, 3.8) is 0 Å². The van der Waals surface area contributed by atoms with Gasteiger partial charge in [0.1, 0.15) is 0 Å². The number of anilines is 1. The van der Waals surface area contributed by atoms with Gasteiger partial charge in [-0.15, -0.1) is 0 Å². The number of rotatable bonds is 4. The van der Waals surface area contributed by atoms with Crippen LogP contribution in [0.15, 0.2) is 18.2 Å². The van der Waals surface area contributed by atoms with E-state index in [0.717, 1.165) is 0 Å². The van der Waals surface area contributed by atoms with E-state index < -0.39 is 34.1 Å². The molecule has 0 heterocycles. The van der Waals surface area contributed by atoms with Crippen LogP contribution >= 0.6 is 0 Å². The third-order valence-corrected chi connectivity index (χ3v) is 4.14. The van der Waals surface area contributed by atoms with E-state index in [0.29, 0.717) is 11.3 Å². The van der Waals surface area contributed by atoms with Gasteiger partial charge in [-0.05, 0) is 18.4 Å². The van der Waals surface area contributed by atoms with Gasteiger partial charge in [-0.25, -0.2) is 0 Å². The lowest BCUT2D eigenvalue weighted by atomic mass is 10.1. The first-order valence-corrected chi connectivity index (χ1v) is 6.45. The number of nitrogens with one attached hydrogen (secondary N) is 1. The molecule has 0 aliphatic heterocycles. The summed E-state index contributed by atoms with van der Waals surface area (Å²) in [5, 5.41) is 22.5. The van der Waals surface area contributed by atoms with Gasteiger partial charge in [0.25, 0.3) is 5.69 Å². The molecule has 1 aromatic carbocycles. The van der Waals surface area contributed by atoms with Crippen LogP contribution in [0.5, 0.6) is 0 Å². The Bertz CT molecular complexity index is 638. The fourth-order valence-electron chi connectivity index (χ4n) is 2.76. The average Bonchev–Trinajstić information content (AvgIpc) is 2.95. The molecule has 0 bridgehead atoms. The summed E-state index contributed by atoms with van der Waals surface area (Å²) in [5.41, 5.74) is -0.00952. The molecule has 1 aliphatic rings. The van der Waals surface area contributed by atoms with E-state index in [1.165, 1.54) is 12.1 Å². The van der Waals surface area contributed by atoms with Crippen molar-refractivity contribution < 1.29 is 19.6 Å². The summed E-state index contributed by atoms with van der Waals surface area (Å²) in [4.78, 5) is 33.6. The van der Waals surface area contributed by atoms with E-state index in [1.54, 1.807) is 26.8 Å². The van der Waals surface area contributed by atoms with Gasteiger partial charge in [-0.3, -0.25) is 19.7 Å². The molecule has 7 heteroatoms. The van der Waals surface area contributed by atoms with Crippen molar-refractivity contribution in [2.75, 3.05) is 5.32 Å². The van der Waals surface area contributed by atoms with Crippen molar-refractivity contribution in [1.29, 1.82) is 0 Å². The summed E-state index contributed by atoms with van der Waals surface area (Å²) in [5.74, 6) is -2.78. The first-order chi connectivity index (χ1) is 9.67. The third kappa shape index (κ3) is 2.46. The Balaban J connectivity index is 2.21. The highest BCUT2D eigenvalue weighted by Gasteiger charge is 2.65. The zero-order valence-electron chi connectivity index (χ0n) is 11.9. The minimum atomic E-state index is -1.00. The van der Waals surface area contributed by atoms with Crippen LogP contribution in [0.1, 0.15) is 19.4 Å². The van der Waals surface area contributed by atoms with Crippen LogP contribution in [0.2, 0.25) is 0 Å². The number of benzene rings is 1.